The molecule has 1 heterocycles. The molecule has 9 N–H and O–H groups in total. The number of primary amides is 1. The van der Waals surface area contributed by atoms with Gasteiger partial charge in [0.2, 0.25) is 23.6 Å². The summed E-state index contributed by atoms with van der Waals surface area (Å²) in [4.78, 5) is 72.3. The summed E-state index contributed by atoms with van der Waals surface area (Å²) in [5.41, 5.74) is 5.74. The van der Waals surface area contributed by atoms with Gasteiger partial charge in [-0.3, -0.25) is 24.0 Å². The summed E-state index contributed by atoms with van der Waals surface area (Å²) in [7, 11) is 0. The molecule has 14 heteroatoms. The van der Waals surface area contributed by atoms with Crippen LogP contribution in [0.1, 0.15) is 37.7 Å². The molecule has 202 valence electrons. The first-order chi connectivity index (χ1) is 17.5. The highest BCUT2D eigenvalue weighted by Crippen LogP contribution is 2.13. The van der Waals surface area contributed by atoms with Crippen LogP contribution in [0.25, 0.3) is 0 Å². The first kappa shape index (κ1) is 29.0. The molecule has 1 aromatic carbocycles. The normalized spacial score (nSPS) is 17.1. The molecular formula is C23H31N5O9. The first-order valence-corrected chi connectivity index (χ1v) is 11.6. The van der Waals surface area contributed by atoms with E-state index in [4.69, 9.17) is 10.8 Å². The molecule has 4 unspecified atom stereocenters. The summed E-state index contributed by atoms with van der Waals surface area (Å²) in [6.07, 6.45) is -0.199. The van der Waals surface area contributed by atoms with Crippen molar-refractivity contribution in [3.63, 3.8) is 0 Å². The zero-order valence-corrected chi connectivity index (χ0v) is 19.9. The molecule has 0 spiro atoms. The molecule has 1 aliphatic heterocycles. The van der Waals surface area contributed by atoms with E-state index in [1.165, 1.54) is 12.1 Å². The predicted molar refractivity (Wildman–Crippen MR) is 127 cm³/mol. The molecule has 2 rings (SSSR count). The van der Waals surface area contributed by atoms with E-state index >= 15 is 0 Å². The van der Waals surface area contributed by atoms with Crippen molar-refractivity contribution in [1.82, 2.24) is 21.3 Å². The van der Waals surface area contributed by atoms with Crippen molar-refractivity contribution in [3.8, 4) is 5.75 Å². The lowest BCUT2D eigenvalue weighted by atomic mass is 10.0. The maximum absolute atomic E-state index is 13.2. The minimum atomic E-state index is -1.78. The van der Waals surface area contributed by atoms with Crippen molar-refractivity contribution in [2.45, 2.75) is 62.7 Å². The lowest BCUT2D eigenvalue weighted by Crippen LogP contribution is -2.57. The smallest absolute Gasteiger partial charge is 0.326 e. The summed E-state index contributed by atoms with van der Waals surface area (Å²) in [5, 5.41) is 37.8. The molecule has 0 saturated carbocycles. The fourth-order valence-electron chi connectivity index (χ4n) is 3.73. The fourth-order valence-corrected chi connectivity index (χ4v) is 3.73. The van der Waals surface area contributed by atoms with Crippen molar-refractivity contribution in [1.29, 1.82) is 0 Å². The molecule has 4 atom stereocenters. The number of carbonyl (C=O) groups excluding carboxylic acids is 4. The summed E-state index contributed by atoms with van der Waals surface area (Å²) in [5.74, 6) is -6.11. The molecular weight excluding hydrogens is 490 g/mol. The second-order valence-corrected chi connectivity index (χ2v) is 8.64. The Bertz CT molecular complexity index is 1010. The van der Waals surface area contributed by atoms with E-state index in [9.17, 15) is 39.0 Å². The Labute approximate surface area is 212 Å². The number of nitrogens with one attached hydrogen (secondary N) is 4. The van der Waals surface area contributed by atoms with Gasteiger partial charge in [0.25, 0.3) is 0 Å². The molecule has 14 nitrogen and oxygen atoms in total. The maximum Gasteiger partial charge on any atom is 0.326 e. The van der Waals surface area contributed by atoms with Gasteiger partial charge in [0.05, 0.1) is 12.5 Å². The first-order valence-electron chi connectivity index (χ1n) is 11.6. The molecule has 1 aromatic rings. The Morgan fingerprint density at radius 2 is 1.57 bits per heavy atom. The number of benzene rings is 1. The van der Waals surface area contributed by atoms with Crippen molar-refractivity contribution >= 4 is 35.6 Å². The van der Waals surface area contributed by atoms with Crippen LogP contribution in [0.5, 0.6) is 5.75 Å². The predicted octanol–water partition coefficient (Wildman–Crippen LogP) is -2.03. The number of hydrogen-bond acceptors (Lipinski definition) is 8. The van der Waals surface area contributed by atoms with Crippen molar-refractivity contribution in [2.75, 3.05) is 6.54 Å². The van der Waals surface area contributed by atoms with Gasteiger partial charge in [-0.1, -0.05) is 12.1 Å². The molecule has 4 amide bonds. The van der Waals surface area contributed by atoms with Gasteiger partial charge in [-0.15, -0.1) is 0 Å². The van der Waals surface area contributed by atoms with Crippen LogP contribution in [0, 0.1) is 0 Å². The summed E-state index contributed by atoms with van der Waals surface area (Å²) < 4.78 is 0. The van der Waals surface area contributed by atoms with Crippen LogP contribution in [0.3, 0.4) is 0 Å². The van der Waals surface area contributed by atoms with Gasteiger partial charge in [0, 0.05) is 12.8 Å². The maximum atomic E-state index is 13.2. The highest BCUT2D eigenvalue weighted by atomic mass is 16.4. The van der Waals surface area contributed by atoms with Crippen LogP contribution in [-0.2, 0) is 35.2 Å². The van der Waals surface area contributed by atoms with Gasteiger partial charge in [-0.25, -0.2) is 4.79 Å². The number of phenols is 1. The van der Waals surface area contributed by atoms with E-state index in [-0.39, 0.29) is 25.0 Å². The van der Waals surface area contributed by atoms with Gasteiger partial charge in [-0.05, 0) is 43.5 Å². The third kappa shape index (κ3) is 9.76. The van der Waals surface area contributed by atoms with E-state index in [1.54, 1.807) is 12.1 Å². The third-order valence-corrected chi connectivity index (χ3v) is 5.69. The number of aromatic hydroxyl groups is 1. The van der Waals surface area contributed by atoms with Crippen molar-refractivity contribution < 1.29 is 44.1 Å². The molecule has 0 aromatic heterocycles. The Kier molecular flexibility index (Phi) is 10.8. The lowest BCUT2D eigenvalue weighted by molar-refractivity contribution is -0.147. The molecule has 1 saturated heterocycles. The van der Waals surface area contributed by atoms with Gasteiger partial charge in [0.1, 0.15) is 23.9 Å². The molecule has 0 aliphatic carbocycles. The van der Waals surface area contributed by atoms with Crippen LogP contribution < -0.4 is 27.0 Å². The number of hydrogen-bond donors (Lipinski definition) is 8. The summed E-state index contributed by atoms with van der Waals surface area (Å²) in [6.45, 7) is 0.642. The number of aliphatic carboxylic acids is 2. The number of rotatable bonds is 14. The van der Waals surface area contributed by atoms with Gasteiger partial charge >= 0.3 is 11.9 Å². The zero-order chi connectivity index (χ0) is 27.5. The SMILES string of the molecule is NC(=O)CCC(NC(=O)C(Cc1ccc(O)cc1)NC(=O)C1CCCN1)C(=O)NC(CC(=O)O)C(=O)O. The van der Waals surface area contributed by atoms with Gasteiger partial charge in [0.15, 0.2) is 0 Å². The molecule has 0 bridgehead atoms. The number of carboxylic acid groups (broad SMARTS) is 2. The minimum absolute atomic E-state index is 0.00137. The van der Waals surface area contributed by atoms with Crippen molar-refractivity contribution in [3.05, 3.63) is 29.8 Å². The second kappa shape index (κ2) is 13.8. The lowest BCUT2D eigenvalue weighted by Gasteiger charge is -2.25. The van der Waals surface area contributed by atoms with E-state index in [2.05, 4.69) is 16.0 Å². The number of amides is 4. The average Bonchev–Trinajstić information content (AvgIpc) is 3.36. The second-order valence-electron chi connectivity index (χ2n) is 8.64. The molecule has 0 radical (unpaired) electrons. The van der Waals surface area contributed by atoms with E-state index in [1.807, 2.05) is 5.32 Å². The quantitative estimate of drug-likeness (QED) is 0.133. The minimum Gasteiger partial charge on any atom is -0.508 e. The molecule has 1 aliphatic rings. The number of carboxylic acids is 2. The monoisotopic (exact) mass is 521 g/mol. The summed E-state index contributed by atoms with van der Waals surface area (Å²) in [6, 6.07) is 1.02. The Morgan fingerprint density at radius 3 is 2.11 bits per heavy atom. The zero-order valence-electron chi connectivity index (χ0n) is 19.9. The standard InChI is InChI=1S/C23H31N5O9/c24-18(30)8-7-15(21(34)28-17(23(36)37)11-19(31)32)26-22(35)16(10-12-3-5-13(29)6-4-12)27-20(33)14-2-1-9-25-14/h3-6,14-17,25,29H,1-2,7-11H2,(H2,24,30)(H,26,35)(H,27,33)(H,28,34)(H,31,32)(H,36,37). The van der Waals surface area contributed by atoms with Gasteiger partial charge in [-0.2, -0.15) is 0 Å². The van der Waals surface area contributed by atoms with E-state index < -0.39 is 66.2 Å². The van der Waals surface area contributed by atoms with E-state index in [0.717, 1.165) is 6.42 Å². The fraction of sp³-hybridized carbons (Fsp3) is 0.478. The largest absolute Gasteiger partial charge is 0.508 e. The Hall–Kier alpha value is -4.20. The summed E-state index contributed by atoms with van der Waals surface area (Å²) >= 11 is 0. The van der Waals surface area contributed by atoms with Crippen LogP contribution >= 0.6 is 0 Å². The van der Waals surface area contributed by atoms with Gasteiger partial charge < -0.3 is 42.3 Å². The van der Waals surface area contributed by atoms with Crippen LogP contribution in [0.4, 0.5) is 0 Å². The third-order valence-electron chi connectivity index (χ3n) is 5.69. The number of phenolic OH excluding ortho intramolecular Hbond substituents is 1. The Balaban J connectivity index is 2.22. The van der Waals surface area contributed by atoms with Crippen LogP contribution in [0.2, 0.25) is 0 Å². The Morgan fingerprint density at radius 1 is 0.946 bits per heavy atom. The topological polar surface area (TPSA) is 237 Å². The number of carbonyl (C=O) groups is 6. The molecule has 1 fully saturated rings. The number of nitrogens with two attached hydrogens (primary N) is 1. The highest BCUT2D eigenvalue weighted by molar-refractivity contribution is 5.95. The molecule has 37 heavy (non-hydrogen) atoms. The van der Waals surface area contributed by atoms with Crippen LogP contribution in [-0.4, -0.2) is 81.6 Å². The average molecular weight is 522 g/mol. The van der Waals surface area contributed by atoms with Crippen molar-refractivity contribution in [2.24, 2.45) is 5.73 Å². The van der Waals surface area contributed by atoms with Crippen LogP contribution in [0.15, 0.2) is 24.3 Å². The highest BCUT2D eigenvalue weighted by Gasteiger charge is 2.32. The van der Waals surface area contributed by atoms with E-state index in [0.29, 0.717) is 18.5 Å².